The molecule has 0 bridgehead atoms. The molecule has 6 heteroatoms. The van der Waals surface area contributed by atoms with Crippen molar-refractivity contribution in [3.8, 4) is 0 Å². The standard InChI is InChI=1S/C17H26FN3O2/c1-5-23-11-21-14(4)16(13(3)19-21)9-12(2)17(22)20-8-6-7-15(18)10-20/h7,12H,5-6,8-11H2,1-4H3/t12-/m1/s1. The molecular formula is C17H26FN3O2. The molecule has 1 aliphatic heterocycles. The number of rotatable bonds is 6. The molecule has 2 heterocycles. The second kappa shape index (κ2) is 7.73. The minimum absolute atomic E-state index is 0.00427. The van der Waals surface area contributed by atoms with E-state index in [4.69, 9.17) is 4.74 Å². The lowest BCUT2D eigenvalue weighted by atomic mass is 9.98. The third-order valence-electron chi connectivity index (χ3n) is 4.30. The average Bonchev–Trinajstić information content (AvgIpc) is 2.79. The summed E-state index contributed by atoms with van der Waals surface area (Å²) in [7, 11) is 0. The van der Waals surface area contributed by atoms with Gasteiger partial charge >= 0.3 is 0 Å². The Bertz CT molecular complexity index is 595. The van der Waals surface area contributed by atoms with Crippen LogP contribution in [0.1, 0.15) is 37.2 Å². The van der Waals surface area contributed by atoms with Gasteiger partial charge in [-0.25, -0.2) is 9.07 Å². The fourth-order valence-corrected chi connectivity index (χ4v) is 2.93. The zero-order valence-electron chi connectivity index (χ0n) is 14.4. The zero-order chi connectivity index (χ0) is 17.0. The molecule has 0 saturated carbocycles. The third-order valence-corrected chi connectivity index (χ3v) is 4.30. The van der Waals surface area contributed by atoms with Gasteiger partial charge in [0.2, 0.25) is 5.91 Å². The monoisotopic (exact) mass is 323 g/mol. The predicted octanol–water partition coefficient (Wildman–Crippen LogP) is 2.76. The van der Waals surface area contributed by atoms with E-state index in [1.165, 1.54) is 0 Å². The van der Waals surface area contributed by atoms with E-state index in [0.29, 0.717) is 32.7 Å². The summed E-state index contributed by atoms with van der Waals surface area (Å²) >= 11 is 0. The van der Waals surface area contributed by atoms with Crippen LogP contribution in [0.3, 0.4) is 0 Å². The zero-order valence-corrected chi connectivity index (χ0v) is 14.4. The molecular weight excluding hydrogens is 297 g/mol. The summed E-state index contributed by atoms with van der Waals surface area (Å²) in [5.74, 6) is -0.402. The van der Waals surface area contributed by atoms with E-state index >= 15 is 0 Å². The molecule has 0 aliphatic carbocycles. The molecule has 1 aliphatic rings. The highest BCUT2D eigenvalue weighted by Gasteiger charge is 2.25. The maximum Gasteiger partial charge on any atom is 0.226 e. The van der Waals surface area contributed by atoms with Gasteiger partial charge in [0.25, 0.3) is 0 Å². The number of carbonyl (C=O) groups excluding carboxylic acids is 1. The summed E-state index contributed by atoms with van der Waals surface area (Å²) in [4.78, 5) is 14.1. The summed E-state index contributed by atoms with van der Waals surface area (Å²) in [6.07, 6.45) is 2.76. The van der Waals surface area contributed by atoms with Gasteiger partial charge in [-0.15, -0.1) is 0 Å². The van der Waals surface area contributed by atoms with Crippen molar-refractivity contribution in [1.82, 2.24) is 14.7 Å². The number of carbonyl (C=O) groups is 1. The topological polar surface area (TPSA) is 47.4 Å². The molecule has 1 aromatic heterocycles. The molecule has 0 radical (unpaired) electrons. The number of aryl methyl sites for hydroxylation is 1. The Hall–Kier alpha value is -1.69. The van der Waals surface area contributed by atoms with Crippen molar-refractivity contribution in [3.63, 3.8) is 0 Å². The number of nitrogens with zero attached hydrogens (tertiary/aromatic N) is 3. The van der Waals surface area contributed by atoms with Crippen LogP contribution in [-0.4, -0.2) is 40.3 Å². The summed E-state index contributed by atoms with van der Waals surface area (Å²) in [6, 6.07) is 0. The highest BCUT2D eigenvalue weighted by molar-refractivity contribution is 5.79. The Morgan fingerprint density at radius 1 is 1.48 bits per heavy atom. The van der Waals surface area contributed by atoms with Crippen LogP contribution in [-0.2, 0) is 22.7 Å². The molecule has 1 amide bonds. The van der Waals surface area contributed by atoms with Gasteiger partial charge in [-0.05, 0) is 45.3 Å². The van der Waals surface area contributed by atoms with Gasteiger partial charge in [-0.1, -0.05) is 6.92 Å². The van der Waals surface area contributed by atoms with Gasteiger partial charge < -0.3 is 9.64 Å². The molecule has 0 aromatic carbocycles. The van der Waals surface area contributed by atoms with Crippen LogP contribution in [0.25, 0.3) is 0 Å². The first-order valence-electron chi connectivity index (χ1n) is 8.18. The van der Waals surface area contributed by atoms with Crippen LogP contribution >= 0.6 is 0 Å². The first-order valence-corrected chi connectivity index (χ1v) is 8.18. The van der Waals surface area contributed by atoms with Crippen LogP contribution in [0.4, 0.5) is 4.39 Å². The second-order valence-corrected chi connectivity index (χ2v) is 6.08. The number of amides is 1. The van der Waals surface area contributed by atoms with E-state index in [1.807, 2.05) is 32.4 Å². The van der Waals surface area contributed by atoms with E-state index in [1.54, 1.807) is 11.0 Å². The third kappa shape index (κ3) is 4.19. The molecule has 1 atom stereocenters. The van der Waals surface area contributed by atoms with Gasteiger partial charge in [0.05, 0.1) is 12.2 Å². The van der Waals surface area contributed by atoms with Crippen molar-refractivity contribution >= 4 is 5.91 Å². The first-order chi connectivity index (χ1) is 10.9. The first kappa shape index (κ1) is 17.7. The summed E-state index contributed by atoms with van der Waals surface area (Å²) in [6.45, 7) is 9.55. The highest BCUT2D eigenvalue weighted by atomic mass is 19.1. The Morgan fingerprint density at radius 3 is 2.87 bits per heavy atom. The van der Waals surface area contributed by atoms with Crippen molar-refractivity contribution in [3.05, 3.63) is 28.9 Å². The fraction of sp³-hybridized carbons (Fsp3) is 0.647. The maximum absolute atomic E-state index is 13.4. The molecule has 2 rings (SSSR count). The molecule has 0 unspecified atom stereocenters. The SMILES string of the molecule is CCOCn1nc(C)c(C[C@@H](C)C(=O)N2CCC=C(F)C2)c1C. The van der Waals surface area contributed by atoms with Gasteiger partial charge in [0.1, 0.15) is 12.6 Å². The Morgan fingerprint density at radius 2 is 2.22 bits per heavy atom. The maximum atomic E-state index is 13.4. The fourth-order valence-electron chi connectivity index (χ4n) is 2.93. The largest absolute Gasteiger partial charge is 0.360 e. The van der Waals surface area contributed by atoms with Crippen LogP contribution in [0.2, 0.25) is 0 Å². The minimum Gasteiger partial charge on any atom is -0.360 e. The van der Waals surface area contributed by atoms with Crippen molar-refractivity contribution in [2.75, 3.05) is 19.7 Å². The molecule has 23 heavy (non-hydrogen) atoms. The minimum atomic E-state index is -0.214. The Balaban J connectivity index is 2.05. The number of ether oxygens (including phenoxy) is 1. The van der Waals surface area contributed by atoms with Crippen LogP contribution in [0.15, 0.2) is 11.9 Å². The molecule has 0 saturated heterocycles. The number of hydrogen-bond donors (Lipinski definition) is 0. The summed E-state index contributed by atoms with van der Waals surface area (Å²) in [5.41, 5.74) is 3.03. The van der Waals surface area contributed by atoms with Crippen molar-refractivity contribution < 1.29 is 13.9 Å². The number of halogens is 1. The predicted molar refractivity (Wildman–Crippen MR) is 86.6 cm³/mol. The summed E-state index contributed by atoms with van der Waals surface area (Å²) in [5, 5.41) is 4.48. The van der Waals surface area contributed by atoms with Gasteiger partial charge in [0.15, 0.2) is 0 Å². The molecule has 5 nitrogen and oxygen atoms in total. The van der Waals surface area contributed by atoms with Crippen LogP contribution in [0, 0.1) is 19.8 Å². The van der Waals surface area contributed by atoms with Crippen LogP contribution in [0.5, 0.6) is 0 Å². The van der Waals surface area contributed by atoms with Crippen molar-refractivity contribution in [2.24, 2.45) is 5.92 Å². The molecule has 1 aromatic rings. The lowest BCUT2D eigenvalue weighted by Crippen LogP contribution is -2.39. The Labute approximate surface area is 137 Å². The van der Waals surface area contributed by atoms with E-state index in [2.05, 4.69) is 5.10 Å². The van der Waals surface area contributed by atoms with Crippen molar-refractivity contribution in [2.45, 2.75) is 47.3 Å². The van der Waals surface area contributed by atoms with Gasteiger partial charge in [0, 0.05) is 24.8 Å². The summed E-state index contributed by atoms with van der Waals surface area (Å²) < 4.78 is 20.6. The van der Waals surface area contributed by atoms with E-state index in [0.717, 1.165) is 17.0 Å². The molecule has 128 valence electrons. The van der Waals surface area contributed by atoms with E-state index in [-0.39, 0.29) is 24.2 Å². The molecule has 0 spiro atoms. The normalized spacial score (nSPS) is 16.4. The van der Waals surface area contributed by atoms with Crippen LogP contribution < -0.4 is 0 Å². The average molecular weight is 323 g/mol. The second-order valence-electron chi connectivity index (χ2n) is 6.08. The quantitative estimate of drug-likeness (QED) is 0.809. The van der Waals surface area contributed by atoms with Crippen molar-refractivity contribution in [1.29, 1.82) is 0 Å². The van der Waals surface area contributed by atoms with Gasteiger partial charge in [-0.2, -0.15) is 5.10 Å². The number of hydrogen-bond acceptors (Lipinski definition) is 3. The van der Waals surface area contributed by atoms with E-state index in [9.17, 15) is 9.18 Å². The highest BCUT2D eigenvalue weighted by Crippen LogP contribution is 2.21. The van der Waals surface area contributed by atoms with E-state index < -0.39 is 0 Å². The number of aromatic nitrogens is 2. The Kier molecular flexibility index (Phi) is 5.93. The molecule has 0 N–H and O–H groups in total. The lowest BCUT2D eigenvalue weighted by molar-refractivity contribution is -0.135. The van der Waals surface area contributed by atoms with Gasteiger partial charge in [-0.3, -0.25) is 4.79 Å². The lowest BCUT2D eigenvalue weighted by Gasteiger charge is -2.27. The molecule has 0 fully saturated rings. The smallest absolute Gasteiger partial charge is 0.226 e.